The summed E-state index contributed by atoms with van der Waals surface area (Å²) in [5.41, 5.74) is 5.71. The topological polar surface area (TPSA) is 14.2 Å². The van der Waals surface area contributed by atoms with E-state index in [1.165, 1.54) is 5.56 Å². The molecule has 1 aromatic heterocycles. The summed E-state index contributed by atoms with van der Waals surface area (Å²) in [6.07, 6.45) is 0. The van der Waals surface area contributed by atoms with E-state index in [1.807, 2.05) is 35.1 Å². The maximum absolute atomic E-state index is 6.08. The molecule has 0 aliphatic rings. The minimum Gasteiger partial charge on any atom is -0.409 e. The van der Waals surface area contributed by atoms with Crippen LogP contribution >= 0.6 is 15.9 Å². The average Bonchev–Trinajstić information content (AvgIpc) is 2.82. The minimum absolute atomic E-state index is 0.549. The second-order valence-corrected chi connectivity index (χ2v) is 6.19. The van der Waals surface area contributed by atoms with Crippen molar-refractivity contribution < 1.29 is 4.84 Å². The molecule has 1 heterocycles. The van der Waals surface area contributed by atoms with E-state index in [1.54, 1.807) is 0 Å². The Hall–Kier alpha value is -2.00. The van der Waals surface area contributed by atoms with Gasteiger partial charge in [0.15, 0.2) is 0 Å². The van der Waals surface area contributed by atoms with Crippen LogP contribution in [0, 0.1) is 13.8 Å². The number of aryl methyl sites for hydroxylation is 1. The average molecular weight is 356 g/mol. The summed E-state index contributed by atoms with van der Waals surface area (Å²) in [6.45, 7) is 4.74. The van der Waals surface area contributed by atoms with Crippen molar-refractivity contribution in [2.75, 3.05) is 0 Å². The van der Waals surface area contributed by atoms with Gasteiger partial charge < -0.3 is 4.84 Å². The molecule has 0 saturated heterocycles. The highest BCUT2D eigenvalue weighted by molar-refractivity contribution is 9.10. The Balaban J connectivity index is 1.95. The first-order valence-corrected chi connectivity index (χ1v) is 8.07. The highest BCUT2D eigenvalue weighted by Gasteiger charge is 2.14. The van der Waals surface area contributed by atoms with E-state index in [0.717, 1.165) is 27.0 Å². The van der Waals surface area contributed by atoms with Crippen molar-refractivity contribution in [2.24, 2.45) is 0 Å². The van der Waals surface area contributed by atoms with E-state index in [0.29, 0.717) is 6.61 Å². The monoisotopic (exact) mass is 355 g/mol. The van der Waals surface area contributed by atoms with E-state index in [-0.39, 0.29) is 0 Å². The number of halogens is 1. The molecule has 0 atom stereocenters. The fourth-order valence-electron chi connectivity index (χ4n) is 2.44. The Bertz CT molecular complexity index is 777. The Kier molecular flexibility index (Phi) is 4.34. The van der Waals surface area contributed by atoms with E-state index in [9.17, 15) is 0 Å². The second-order valence-electron chi connectivity index (χ2n) is 5.33. The Labute approximate surface area is 139 Å². The standard InChI is InChI=1S/C19H18BrNO/c1-14-12-19(17-10-6-7-11-18(17)20)21(15(14)2)22-13-16-8-4-3-5-9-16/h3-12H,13H2,1-2H3. The molecule has 0 saturated carbocycles. The Morgan fingerprint density at radius 1 is 0.955 bits per heavy atom. The summed E-state index contributed by atoms with van der Waals surface area (Å²) in [4.78, 5) is 6.08. The summed E-state index contributed by atoms with van der Waals surface area (Å²) in [5.74, 6) is 0. The van der Waals surface area contributed by atoms with Crippen molar-refractivity contribution >= 4 is 15.9 Å². The van der Waals surface area contributed by atoms with Crippen LogP contribution < -0.4 is 4.84 Å². The zero-order valence-corrected chi connectivity index (χ0v) is 14.3. The number of hydrogen-bond donors (Lipinski definition) is 0. The van der Waals surface area contributed by atoms with Crippen LogP contribution in [-0.4, -0.2) is 4.73 Å². The van der Waals surface area contributed by atoms with Gasteiger partial charge in [-0.3, -0.25) is 0 Å². The van der Waals surface area contributed by atoms with E-state index in [4.69, 9.17) is 4.84 Å². The molecule has 0 aliphatic heterocycles. The predicted octanol–water partition coefficient (Wildman–Crippen LogP) is 5.16. The zero-order valence-electron chi connectivity index (χ0n) is 12.7. The third-order valence-electron chi connectivity index (χ3n) is 3.80. The number of nitrogens with zero attached hydrogens (tertiary/aromatic N) is 1. The largest absolute Gasteiger partial charge is 0.409 e. The van der Waals surface area contributed by atoms with Crippen LogP contribution in [0.1, 0.15) is 16.8 Å². The molecule has 0 fully saturated rings. The van der Waals surface area contributed by atoms with Gasteiger partial charge in [0.25, 0.3) is 0 Å². The van der Waals surface area contributed by atoms with Gasteiger partial charge in [0.05, 0.1) is 11.4 Å². The second kappa shape index (κ2) is 6.41. The van der Waals surface area contributed by atoms with Crippen LogP contribution in [0.15, 0.2) is 65.1 Å². The SMILES string of the molecule is Cc1cc(-c2ccccc2Br)n(OCc2ccccc2)c1C. The van der Waals surface area contributed by atoms with Crippen molar-refractivity contribution in [1.29, 1.82) is 0 Å². The Morgan fingerprint density at radius 2 is 1.64 bits per heavy atom. The Morgan fingerprint density at radius 3 is 2.36 bits per heavy atom. The number of hydrogen-bond acceptors (Lipinski definition) is 1. The van der Waals surface area contributed by atoms with Crippen molar-refractivity contribution in [3.63, 3.8) is 0 Å². The summed E-state index contributed by atoms with van der Waals surface area (Å²) in [5, 5.41) is 0. The summed E-state index contributed by atoms with van der Waals surface area (Å²) >= 11 is 3.63. The summed E-state index contributed by atoms with van der Waals surface area (Å²) in [7, 11) is 0. The summed E-state index contributed by atoms with van der Waals surface area (Å²) in [6, 6.07) is 20.6. The molecule has 0 N–H and O–H groups in total. The quantitative estimate of drug-likeness (QED) is 0.630. The first-order valence-electron chi connectivity index (χ1n) is 7.28. The van der Waals surface area contributed by atoms with Gasteiger partial charge in [-0.1, -0.05) is 64.5 Å². The molecular weight excluding hydrogens is 338 g/mol. The number of benzene rings is 2. The lowest BCUT2D eigenvalue weighted by molar-refractivity contribution is 0.0970. The first kappa shape index (κ1) is 14.9. The highest BCUT2D eigenvalue weighted by atomic mass is 79.9. The normalized spacial score (nSPS) is 10.7. The molecule has 22 heavy (non-hydrogen) atoms. The third-order valence-corrected chi connectivity index (χ3v) is 4.49. The van der Waals surface area contributed by atoms with Crippen LogP contribution in [0.25, 0.3) is 11.3 Å². The maximum atomic E-state index is 6.08. The molecule has 0 spiro atoms. The van der Waals surface area contributed by atoms with Gasteiger partial charge in [0.1, 0.15) is 6.61 Å². The number of rotatable bonds is 4. The molecule has 3 heteroatoms. The highest BCUT2D eigenvalue weighted by Crippen LogP contribution is 2.30. The number of aromatic nitrogens is 1. The zero-order chi connectivity index (χ0) is 15.5. The van der Waals surface area contributed by atoms with Gasteiger partial charge in [-0.2, -0.15) is 4.73 Å². The van der Waals surface area contributed by atoms with E-state index >= 15 is 0 Å². The molecule has 0 aliphatic carbocycles. The van der Waals surface area contributed by atoms with Crippen molar-refractivity contribution in [2.45, 2.75) is 20.5 Å². The smallest absolute Gasteiger partial charge is 0.140 e. The molecule has 3 rings (SSSR count). The van der Waals surface area contributed by atoms with Crippen LogP contribution in [0.2, 0.25) is 0 Å². The lowest BCUT2D eigenvalue weighted by Gasteiger charge is -2.14. The molecule has 2 nitrogen and oxygen atoms in total. The van der Waals surface area contributed by atoms with Crippen molar-refractivity contribution in [3.05, 3.63) is 82.0 Å². The minimum atomic E-state index is 0.549. The molecule has 0 bridgehead atoms. The predicted molar refractivity (Wildman–Crippen MR) is 93.8 cm³/mol. The van der Waals surface area contributed by atoms with Gasteiger partial charge in [-0.15, -0.1) is 0 Å². The molecule has 0 radical (unpaired) electrons. The van der Waals surface area contributed by atoms with Crippen molar-refractivity contribution in [3.8, 4) is 11.3 Å². The molecule has 3 aromatic rings. The molecule has 112 valence electrons. The lowest BCUT2D eigenvalue weighted by Crippen LogP contribution is -2.14. The molecule has 2 aromatic carbocycles. The van der Waals surface area contributed by atoms with Crippen molar-refractivity contribution in [1.82, 2.24) is 4.73 Å². The van der Waals surface area contributed by atoms with Gasteiger partial charge in [0.2, 0.25) is 0 Å². The molecule has 0 unspecified atom stereocenters. The van der Waals surface area contributed by atoms with Crippen LogP contribution in [0.4, 0.5) is 0 Å². The third kappa shape index (κ3) is 2.95. The van der Waals surface area contributed by atoms with Gasteiger partial charge in [0, 0.05) is 10.0 Å². The maximum Gasteiger partial charge on any atom is 0.140 e. The molecule has 0 amide bonds. The fraction of sp³-hybridized carbons (Fsp3) is 0.158. The van der Waals surface area contributed by atoms with Crippen LogP contribution in [0.3, 0.4) is 0 Å². The van der Waals surface area contributed by atoms with Crippen LogP contribution in [0.5, 0.6) is 0 Å². The van der Waals surface area contributed by atoms with Gasteiger partial charge >= 0.3 is 0 Å². The molecular formula is C19H18BrNO. The lowest BCUT2D eigenvalue weighted by atomic mass is 10.1. The fourth-order valence-corrected chi connectivity index (χ4v) is 2.93. The van der Waals surface area contributed by atoms with Crippen LogP contribution in [-0.2, 0) is 6.61 Å². The van der Waals surface area contributed by atoms with E-state index in [2.05, 4.69) is 60.1 Å². The van der Waals surface area contributed by atoms with Gasteiger partial charge in [-0.25, -0.2) is 0 Å². The van der Waals surface area contributed by atoms with E-state index < -0.39 is 0 Å². The van der Waals surface area contributed by atoms with Gasteiger partial charge in [-0.05, 0) is 37.1 Å². The summed E-state index contributed by atoms with van der Waals surface area (Å²) < 4.78 is 3.00. The first-order chi connectivity index (χ1) is 10.7.